The van der Waals surface area contributed by atoms with Gasteiger partial charge in [-0.25, -0.2) is 0 Å². The van der Waals surface area contributed by atoms with Crippen LogP contribution in [0.5, 0.6) is 0 Å². The number of hydrogen-bond donors (Lipinski definition) is 2. The van der Waals surface area contributed by atoms with Crippen molar-refractivity contribution < 1.29 is 0 Å². The van der Waals surface area contributed by atoms with Crippen molar-refractivity contribution in [3.05, 3.63) is 24.3 Å². The van der Waals surface area contributed by atoms with Crippen LogP contribution >= 0.6 is 11.8 Å². The second-order valence-electron chi connectivity index (χ2n) is 4.06. The van der Waals surface area contributed by atoms with E-state index in [0.717, 1.165) is 11.6 Å². The average Bonchev–Trinajstić information content (AvgIpc) is 2.29. The van der Waals surface area contributed by atoms with Crippen molar-refractivity contribution in [2.45, 2.75) is 17.7 Å². The molecule has 0 aliphatic carbocycles. The van der Waals surface area contributed by atoms with Crippen LogP contribution in [-0.4, -0.2) is 18.8 Å². The largest absolute Gasteiger partial charge is 0.398 e. The third-order valence-corrected chi connectivity index (χ3v) is 4.11. The highest BCUT2D eigenvalue weighted by Gasteiger charge is 2.13. The Morgan fingerprint density at radius 3 is 3.00 bits per heavy atom. The molecular weight excluding hydrogens is 204 g/mol. The van der Waals surface area contributed by atoms with Crippen molar-refractivity contribution in [3.63, 3.8) is 0 Å². The van der Waals surface area contributed by atoms with E-state index in [-0.39, 0.29) is 0 Å². The van der Waals surface area contributed by atoms with Gasteiger partial charge in [0.2, 0.25) is 0 Å². The molecule has 1 atom stereocenters. The number of anilines is 1. The quantitative estimate of drug-likeness (QED) is 0.609. The SMILES string of the molecule is Nc1ccccc1SCC1CCCNC1. The zero-order valence-corrected chi connectivity index (χ0v) is 9.72. The Morgan fingerprint density at radius 1 is 1.40 bits per heavy atom. The van der Waals surface area contributed by atoms with Gasteiger partial charge >= 0.3 is 0 Å². The zero-order chi connectivity index (χ0) is 10.5. The molecule has 1 aromatic rings. The Hall–Kier alpha value is -0.670. The van der Waals surface area contributed by atoms with E-state index in [4.69, 9.17) is 5.73 Å². The van der Waals surface area contributed by atoms with E-state index in [2.05, 4.69) is 17.4 Å². The minimum atomic E-state index is 0.809. The van der Waals surface area contributed by atoms with Crippen LogP contribution in [0.2, 0.25) is 0 Å². The normalized spacial score (nSPS) is 21.5. The van der Waals surface area contributed by atoms with E-state index in [0.29, 0.717) is 0 Å². The highest BCUT2D eigenvalue weighted by molar-refractivity contribution is 7.99. The molecular formula is C12H18N2S. The molecule has 1 unspecified atom stereocenters. The van der Waals surface area contributed by atoms with Gasteiger partial charge in [-0.05, 0) is 44.0 Å². The third kappa shape index (κ3) is 3.14. The molecule has 0 radical (unpaired) electrons. The second kappa shape index (κ2) is 5.42. The Kier molecular flexibility index (Phi) is 3.92. The molecule has 3 N–H and O–H groups in total. The summed E-state index contributed by atoms with van der Waals surface area (Å²) in [5.41, 5.74) is 6.81. The number of nitrogen functional groups attached to an aromatic ring is 1. The number of rotatable bonds is 3. The van der Waals surface area contributed by atoms with Crippen LogP contribution in [-0.2, 0) is 0 Å². The highest BCUT2D eigenvalue weighted by Crippen LogP contribution is 2.27. The molecule has 0 aromatic heterocycles. The molecule has 0 spiro atoms. The molecule has 2 nitrogen and oxygen atoms in total. The lowest BCUT2D eigenvalue weighted by atomic mass is 10.0. The van der Waals surface area contributed by atoms with Crippen molar-refractivity contribution in [1.82, 2.24) is 5.32 Å². The van der Waals surface area contributed by atoms with Gasteiger partial charge in [0, 0.05) is 16.3 Å². The Balaban J connectivity index is 1.84. The van der Waals surface area contributed by atoms with E-state index in [1.165, 1.54) is 36.6 Å². The first kappa shape index (κ1) is 10.8. The first-order chi connectivity index (χ1) is 7.36. The van der Waals surface area contributed by atoms with Crippen molar-refractivity contribution in [1.29, 1.82) is 0 Å². The van der Waals surface area contributed by atoms with Gasteiger partial charge < -0.3 is 11.1 Å². The molecule has 15 heavy (non-hydrogen) atoms. The number of hydrogen-bond acceptors (Lipinski definition) is 3. The fraction of sp³-hybridized carbons (Fsp3) is 0.500. The van der Waals surface area contributed by atoms with Crippen LogP contribution < -0.4 is 11.1 Å². The Morgan fingerprint density at radius 2 is 2.27 bits per heavy atom. The first-order valence-electron chi connectivity index (χ1n) is 5.54. The predicted molar refractivity (Wildman–Crippen MR) is 67.2 cm³/mol. The van der Waals surface area contributed by atoms with Gasteiger partial charge in [-0.3, -0.25) is 0 Å². The summed E-state index contributed by atoms with van der Waals surface area (Å²) in [6.07, 6.45) is 2.67. The number of thioether (sulfide) groups is 1. The van der Waals surface area contributed by atoms with Gasteiger partial charge in [0.1, 0.15) is 0 Å². The molecule has 1 heterocycles. The van der Waals surface area contributed by atoms with Gasteiger partial charge in [0.25, 0.3) is 0 Å². The van der Waals surface area contributed by atoms with Gasteiger partial charge in [0.05, 0.1) is 0 Å². The summed E-state index contributed by atoms with van der Waals surface area (Å²) in [6.45, 7) is 2.36. The van der Waals surface area contributed by atoms with Crippen LogP contribution in [0.1, 0.15) is 12.8 Å². The molecule has 0 saturated carbocycles. The molecule has 1 fully saturated rings. The zero-order valence-electron chi connectivity index (χ0n) is 8.91. The molecule has 1 saturated heterocycles. The average molecular weight is 222 g/mol. The summed E-state index contributed by atoms with van der Waals surface area (Å²) >= 11 is 1.89. The molecule has 0 bridgehead atoms. The second-order valence-corrected chi connectivity index (χ2v) is 5.12. The Labute approximate surface area is 95.6 Å². The van der Waals surface area contributed by atoms with E-state index in [1.807, 2.05) is 23.9 Å². The van der Waals surface area contributed by atoms with Gasteiger partial charge in [-0.1, -0.05) is 12.1 Å². The van der Waals surface area contributed by atoms with E-state index < -0.39 is 0 Å². The fourth-order valence-electron chi connectivity index (χ4n) is 1.89. The van der Waals surface area contributed by atoms with E-state index in [1.54, 1.807) is 0 Å². The summed E-state index contributed by atoms with van der Waals surface area (Å²) in [6, 6.07) is 8.12. The van der Waals surface area contributed by atoms with Gasteiger partial charge in [-0.15, -0.1) is 11.8 Å². The number of para-hydroxylation sites is 1. The van der Waals surface area contributed by atoms with E-state index in [9.17, 15) is 0 Å². The smallest absolute Gasteiger partial charge is 0.0452 e. The molecule has 3 heteroatoms. The maximum Gasteiger partial charge on any atom is 0.0452 e. The lowest BCUT2D eigenvalue weighted by molar-refractivity contribution is 0.410. The lowest BCUT2D eigenvalue weighted by Crippen LogP contribution is -2.30. The Bertz CT molecular complexity index is 308. The molecule has 1 aromatic carbocycles. The third-order valence-electron chi connectivity index (χ3n) is 2.79. The number of nitrogens with one attached hydrogen (secondary N) is 1. The van der Waals surface area contributed by atoms with E-state index >= 15 is 0 Å². The maximum absolute atomic E-state index is 5.90. The van der Waals surface area contributed by atoms with Crippen molar-refractivity contribution in [3.8, 4) is 0 Å². The topological polar surface area (TPSA) is 38.0 Å². The lowest BCUT2D eigenvalue weighted by Gasteiger charge is -2.22. The summed E-state index contributed by atoms with van der Waals surface area (Å²) in [5.74, 6) is 1.99. The minimum absolute atomic E-state index is 0.809. The molecule has 0 amide bonds. The number of piperidine rings is 1. The van der Waals surface area contributed by atoms with Crippen molar-refractivity contribution in [2.75, 3.05) is 24.6 Å². The molecule has 1 aliphatic rings. The van der Waals surface area contributed by atoms with Gasteiger partial charge in [-0.2, -0.15) is 0 Å². The van der Waals surface area contributed by atoms with Gasteiger partial charge in [0.15, 0.2) is 0 Å². The number of benzene rings is 1. The number of nitrogens with two attached hydrogens (primary N) is 1. The summed E-state index contributed by atoms with van der Waals surface area (Å²) in [5, 5.41) is 3.44. The summed E-state index contributed by atoms with van der Waals surface area (Å²) in [7, 11) is 0. The van der Waals surface area contributed by atoms with Crippen molar-refractivity contribution in [2.24, 2.45) is 5.92 Å². The van der Waals surface area contributed by atoms with Crippen LogP contribution in [0.4, 0.5) is 5.69 Å². The molecule has 1 aliphatic heterocycles. The minimum Gasteiger partial charge on any atom is -0.398 e. The molecule has 2 rings (SSSR count). The van der Waals surface area contributed by atoms with Crippen LogP contribution in [0.15, 0.2) is 29.2 Å². The standard InChI is InChI=1S/C12H18N2S/c13-11-5-1-2-6-12(11)15-9-10-4-3-7-14-8-10/h1-2,5-6,10,14H,3-4,7-9,13H2. The molecule has 82 valence electrons. The van der Waals surface area contributed by atoms with Crippen LogP contribution in [0.3, 0.4) is 0 Å². The highest BCUT2D eigenvalue weighted by atomic mass is 32.2. The maximum atomic E-state index is 5.90. The predicted octanol–water partition coefficient (Wildman–Crippen LogP) is 2.36. The fourth-order valence-corrected chi connectivity index (χ4v) is 3.00. The van der Waals surface area contributed by atoms with Crippen LogP contribution in [0, 0.1) is 5.92 Å². The summed E-state index contributed by atoms with van der Waals surface area (Å²) in [4.78, 5) is 1.23. The van der Waals surface area contributed by atoms with Crippen LogP contribution in [0.25, 0.3) is 0 Å². The van der Waals surface area contributed by atoms with Crippen molar-refractivity contribution >= 4 is 17.4 Å². The summed E-state index contributed by atoms with van der Waals surface area (Å²) < 4.78 is 0. The monoisotopic (exact) mass is 222 g/mol. The first-order valence-corrected chi connectivity index (χ1v) is 6.53.